The quantitative estimate of drug-likeness (QED) is 0.800. The van der Waals surface area contributed by atoms with Crippen LogP contribution in [0, 0.1) is 5.92 Å². The monoisotopic (exact) mass is 210 g/mol. The summed E-state index contributed by atoms with van der Waals surface area (Å²) in [6, 6.07) is 0. The van der Waals surface area contributed by atoms with E-state index >= 15 is 0 Å². The second-order valence-corrected chi connectivity index (χ2v) is 4.40. The van der Waals surface area contributed by atoms with Gasteiger partial charge >= 0.3 is 0 Å². The van der Waals surface area contributed by atoms with E-state index in [4.69, 9.17) is 4.74 Å². The molecule has 3 unspecified atom stereocenters. The normalized spacial score (nSPS) is 28.2. The van der Waals surface area contributed by atoms with Gasteiger partial charge in [-0.25, -0.2) is 0 Å². The molecule has 2 rings (SSSR count). The van der Waals surface area contributed by atoms with Crippen LogP contribution in [0.4, 0.5) is 0 Å². The molecule has 1 aliphatic heterocycles. The Bertz CT molecular complexity index is 324. The van der Waals surface area contributed by atoms with Gasteiger partial charge in [0.15, 0.2) is 0 Å². The molecule has 0 spiro atoms. The summed E-state index contributed by atoms with van der Waals surface area (Å²) in [6.07, 6.45) is 4.99. The summed E-state index contributed by atoms with van der Waals surface area (Å²) >= 11 is 0. The number of aryl methyl sites for hydroxylation is 1. The molecule has 4 nitrogen and oxygen atoms in total. The second-order valence-electron chi connectivity index (χ2n) is 4.40. The van der Waals surface area contributed by atoms with Crippen LogP contribution in [0.3, 0.4) is 0 Å². The summed E-state index contributed by atoms with van der Waals surface area (Å²) in [6.45, 7) is 2.90. The van der Waals surface area contributed by atoms with Crippen molar-refractivity contribution in [2.24, 2.45) is 13.0 Å². The summed E-state index contributed by atoms with van der Waals surface area (Å²) in [5.41, 5.74) is 1.06. The molecule has 15 heavy (non-hydrogen) atoms. The Hall–Kier alpha value is -0.870. The maximum Gasteiger partial charge on any atom is 0.0863 e. The topological polar surface area (TPSA) is 47.3 Å². The number of hydrogen-bond donors (Lipinski definition) is 1. The Morgan fingerprint density at radius 2 is 2.53 bits per heavy atom. The second kappa shape index (κ2) is 4.33. The molecule has 0 aromatic carbocycles. The standard InChI is InChI=1S/C11H18N2O2/c1-8-3-4-15-11(8)10(14)5-9-6-12-13(2)7-9/h6-8,10-11,14H,3-5H2,1-2H3. The van der Waals surface area contributed by atoms with Crippen LogP contribution in [-0.4, -0.2) is 33.7 Å². The van der Waals surface area contributed by atoms with E-state index in [-0.39, 0.29) is 6.10 Å². The van der Waals surface area contributed by atoms with E-state index in [9.17, 15) is 5.11 Å². The number of aliphatic hydroxyl groups is 1. The average molecular weight is 210 g/mol. The largest absolute Gasteiger partial charge is 0.390 e. The summed E-state index contributed by atoms with van der Waals surface area (Å²) < 4.78 is 7.28. The lowest BCUT2D eigenvalue weighted by molar-refractivity contribution is -0.0157. The van der Waals surface area contributed by atoms with Crippen molar-refractivity contribution in [1.82, 2.24) is 9.78 Å². The Morgan fingerprint density at radius 1 is 1.73 bits per heavy atom. The van der Waals surface area contributed by atoms with Gasteiger partial charge in [0.25, 0.3) is 0 Å². The Kier molecular flexibility index (Phi) is 3.07. The minimum atomic E-state index is -0.410. The summed E-state index contributed by atoms with van der Waals surface area (Å²) in [4.78, 5) is 0. The zero-order chi connectivity index (χ0) is 10.8. The van der Waals surface area contributed by atoms with Crippen LogP contribution < -0.4 is 0 Å². The van der Waals surface area contributed by atoms with Crippen molar-refractivity contribution < 1.29 is 9.84 Å². The first kappa shape index (κ1) is 10.6. The van der Waals surface area contributed by atoms with Crippen molar-refractivity contribution in [2.45, 2.75) is 32.0 Å². The van der Waals surface area contributed by atoms with E-state index in [0.29, 0.717) is 12.3 Å². The Balaban J connectivity index is 1.94. The molecular weight excluding hydrogens is 192 g/mol. The molecule has 1 aromatic heterocycles. The molecule has 1 aliphatic rings. The lowest BCUT2D eigenvalue weighted by Gasteiger charge is -2.20. The lowest BCUT2D eigenvalue weighted by atomic mass is 9.96. The fraction of sp³-hybridized carbons (Fsp3) is 0.727. The minimum absolute atomic E-state index is 0.00907. The highest BCUT2D eigenvalue weighted by Gasteiger charge is 2.30. The predicted octanol–water partition coefficient (Wildman–Crippen LogP) is 0.748. The van der Waals surface area contributed by atoms with Gasteiger partial charge in [0.2, 0.25) is 0 Å². The fourth-order valence-corrected chi connectivity index (χ4v) is 2.14. The van der Waals surface area contributed by atoms with Gasteiger partial charge in [0, 0.05) is 26.3 Å². The third kappa shape index (κ3) is 2.38. The maximum absolute atomic E-state index is 10.0. The van der Waals surface area contributed by atoms with Gasteiger partial charge in [0.05, 0.1) is 18.4 Å². The average Bonchev–Trinajstić information content (AvgIpc) is 2.75. The summed E-state index contributed by atoms with van der Waals surface area (Å²) in [7, 11) is 1.88. The van der Waals surface area contributed by atoms with Crippen molar-refractivity contribution in [3.05, 3.63) is 18.0 Å². The maximum atomic E-state index is 10.0. The predicted molar refractivity (Wildman–Crippen MR) is 56.4 cm³/mol. The number of aromatic nitrogens is 2. The van der Waals surface area contributed by atoms with E-state index in [1.165, 1.54) is 0 Å². The van der Waals surface area contributed by atoms with Gasteiger partial charge in [-0.05, 0) is 17.9 Å². The van der Waals surface area contributed by atoms with Crippen molar-refractivity contribution in [3.63, 3.8) is 0 Å². The van der Waals surface area contributed by atoms with Gasteiger partial charge in [-0.15, -0.1) is 0 Å². The van der Waals surface area contributed by atoms with Crippen molar-refractivity contribution >= 4 is 0 Å². The summed E-state index contributed by atoms with van der Waals surface area (Å²) in [5.74, 6) is 0.455. The van der Waals surface area contributed by atoms with Crippen LogP contribution in [0.1, 0.15) is 18.9 Å². The summed E-state index contributed by atoms with van der Waals surface area (Å²) in [5, 5.41) is 14.1. The minimum Gasteiger partial charge on any atom is -0.390 e. The van der Waals surface area contributed by atoms with Crippen LogP contribution in [0.25, 0.3) is 0 Å². The Labute approximate surface area is 89.9 Å². The third-order valence-electron chi connectivity index (χ3n) is 3.03. The van der Waals surface area contributed by atoms with Gasteiger partial charge in [-0.3, -0.25) is 4.68 Å². The molecule has 1 N–H and O–H groups in total. The van der Waals surface area contributed by atoms with Gasteiger partial charge in [0.1, 0.15) is 0 Å². The van der Waals surface area contributed by atoms with Gasteiger partial charge in [-0.1, -0.05) is 6.92 Å². The Morgan fingerprint density at radius 3 is 3.07 bits per heavy atom. The van der Waals surface area contributed by atoms with E-state index < -0.39 is 6.10 Å². The molecule has 84 valence electrons. The van der Waals surface area contributed by atoms with E-state index in [2.05, 4.69) is 12.0 Å². The number of aliphatic hydroxyl groups excluding tert-OH is 1. The van der Waals surface area contributed by atoms with E-state index in [1.807, 2.05) is 13.2 Å². The van der Waals surface area contributed by atoms with Crippen molar-refractivity contribution in [2.75, 3.05) is 6.61 Å². The van der Waals surface area contributed by atoms with Crippen LogP contribution >= 0.6 is 0 Å². The smallest absolute Gasteiger partial charge is 0.0863 e. The number of nitrogens with zero attached hydrogens (tertiary/aromatic N) is 2. The number of ether oxygens (including phenoxy) is 1. The molecule has 2 heterocycles. The number of rotatable bonds is 3. The van der Waals surface area contributed by atoms with Gasteiger partial charge < -0.3 is 9.84 Å². The third-order valence-corrected chi connectivity index (χ3v) is 3.03. The van der Waals surface area contributed by atoms with Crippen molar-refractivity contribution in [3.8, 4) is 0 Å². The molecule has 1 aromatic rings. The van der Waals surface area contributed by atoms with Crippen LogP contribution in [0.15, 0.2) is 12.4 Å². The van der Waals surface area contributed by atoms with Crippen LogP contribution in [0.2, 0.25) is 0 Å². The molecule has 0 saturated carbocycles. The molecule has 3 atom stereocenters. The fourth-order valence-electron chi connectivity index (χ4n) is 2.14. The van der Waals surface area contributed by atoms with Crippen LogP contribution in [0.5, 0.6) is 0 Å². The molecular formula is C11H18N2O2. The highest BCUT2D eigenvalue weighted by atomic mass is 16.5. The van der Waals surface area contributed by atoms with E-state index in [1.54, 1.807) is 10.9 Å². The first-order chi connectivity index (χ1) is 7.16. The SMILES string of the molecule is CC1CCOC1C(O)Cc1cnn(C)c1. The van der Waals surface area contributed by atoms with Crippen LogP contribution in [-0.2, 0) is 18.2 Å². The highest BCUT2D eigenvalue weighted by Crippen LogP contribution is 2.24. The molecule has 1 saturated heterocycles. The number of hydrogen-bond acceptors (Lipinski definition) is 3. The zero-order valence-corrected chi connectivity index (χ0v) is 9.26. The first-order valence-electron chi connectivity index (χ1n) is 5.44. The molecule has 0 aliphatic carbocycles. The van der Waals surface area contributed by atoms with E-state index in [0.717, 1.165) is 18.6 Å². The molecule has 1 fully saturated rings. The first-order valence-corrected chi connectivity index (χ1v) is 5.44. The van der Waals surface area contributed by atoms with Crippen molar-refractivity contribution in [1.29, 1.82) is 0 Å². The molecule has 4 heteroatoms. The lowest BCUT2D eigenvalue weighted by Crippen LogP contribution is -2.31. The molecule has 0 radical (unpaired) electrons. The van der Waals surface area contributed by atoms with Gasteiger partial charge in [-0.2, -0.15) is 5.10 Å². The zero-order valence-electron chi connectivity index (χ0n) is 9.26. The molecule has 0 amide bonds. The molecule has 0 bridgehead atoms. The highest BCUT2D eigenvalue weighted by molar-refractivity contribution is 5.06.